The summed E-state index contributed by atoms with van der Waals surface area (Å²) in [4.78, 5) is 4.34. The van der Waals surface area contributed by atoms with Crippen molar-refractivity contribution in [2.45, 2.75) is 56.2 Å². The SMILES string of the molecule is CCCCC(C)(CC)SSc1ccccn1. The van der Waals surface area contributed by atoms with Gasteiger partial charge in [0.2, 0.25) is 0 Å². The maximum atomic E-state index is 4.34. The maximum Gasteiger partial charge on any atom is 0.106 e. The lowest BCUT2D eigenvalue weighted by Gasteiger charge is -2.26. The van der Waals surface area contributed by atoms with Gasteiger partial charge >= 0.3 is 0 Å². The minimum atomic E-state index is 0.387. The topological polar surface area (TPSA) is 12.9 Å². The average molecular weight is 255 g/mol. The Hall–Kier alpha value is -0.150. The van der Waals surface area contributed by atoms with Gasteiger partial charge in [0.1, 0.15) is 5.03 Å². The zero-order valence-electron chi connectivity index (χ0n) is 10.4. The van der Waals surface area contributed by atoms with Crippen LogP contribution in [0.3, 0.4) is 0 Å². The van der Waals surface area contributed by atoms with Crippen molar-refractivity contribution in [3.8, 4) is 0 Å². The number of hydrogen-bond acceptors (Lipinski definition) is 3. The molecule has 0 fully saturated rings. The predicted molar refractivity (Wildman–Crippen MR) is 75.9 cm³/mol. The van der Waals surface area contributed by atoms with Gasteiger partial charge in [0, 0.05) is 10.9 Å². The third-order valence-electron chi connectivity index (χ3n) is 2.77. The highest BCUT2D eigenvalue weighted by Crippen LogP contribution is 2.44. The van der Waals surface area contributed by atoms with Crippen LogP contribution in [0.5, 0.6) is 0 Å². The summed E-state index contributed by atoms with van der Waals surface area (Å²) in [5.41, 5.74) is 0. The Morgan fingerprint density at radius 2 is 2.12 bits per heavy atom. The summed E-state index contributed by atoms with van der Waals surface area (Å²) in [6, 6.07) is 6.09. The minimum absolute atomic E-state index is 0.387. The van der Waals surface area contributed by atoms with Crippen LogP contribution in [0.1, 0.15) is 46.5 Å². The summed E-state index contributed by atoms with van der Waals surface area (Å²) in [6.45, 7) is 6.90. The second-order valence-corrected chi connectivity index (χ2v) is 6.98. The molecule has 1 aromatic heterocycles. The van der Waals surface area contributed by atoms with E-state index in [4.69, 9.17) is 0 Å². The molecule has 1 unspecified atom stereocenters. The fraction of sp³-hybridized carbons (Fsp3) is 0.615. The van der Waals surface area contributed by atoms with Crippen LogP contribution in [0.25, 0.3) is 0 Å². The molecule has 1 atom stereocenters. The molecule has 0 radical (unpaired) electrons. The van der Waals surface area contributed by atoms with Gasteiger partial charge in [-0.05, 0) is 42.7 Å². The van der Waals surface area contributed by atoms with Crippen LogP contribution in [0.2, 0.25) is 0 Å². The highest BCUT2D eigenvalue weighted by molar-refractivity contribution is 8.77. The Kier molecular flexibility index (Phi) is 6.29. The maximum absolute atomic E-state index is 4.34. The first-order chi connectivity index (χ1) is 7.70. The molecule has 0 aliphatic rings. The lowest BCUT2D eigenvalue weighted by molar-refractivity contribution is 0.541. The Balaban J connectivity index is 2.44. The summed E-state index contributed by atoms with van der Waals surface area (Å²) < 4.78 is 0.387. The zero-order valence-corrected chi connectivity index (χ0v) is 12.0. The van der Waals surface area contributed by atoms with Gasteiger partial charge in [-0.1, -0.05) is 43.5 Å². The van der Waals surface area contributed by atoms with Crippen LogP contribution in [-0.4, -0.2) is 9.73 Å². The van der Waals surface area contributed by atoms with Gasteiger partial charge in [0.25, 0.3) is 0 Å². The Bertz CT molecular complexity index is 289. The van der Waals surface area contributed by atoms with E-state index in [1.54, 1.807) is 0 Å². The second kappa shape index (κ2) is 7.23. The van der Waals surface area contributed by atoms with Gasteiger partial charge in [0.15, 0.2) is 0 Å². The molecule has 0 amide bonds. The molecule has 90 valence electrons. The second-order valence-electron chi connectivity index (χ2n) is 4.24. The van der Waals surface area contributed by atoms with Crippen LogP contribution in [0, 0.1) is 0 Å². The van der Waals surface area contributed by atoms with E-state index in [9.17, 15) is 0 Å². The number of rotatable bonds is 7. The van der Waals surface area contributed by atoms with Crippen LogP contribution in [0.4, 0.5) is 0 Å². The molecule has 0 aromatic carbocycles. The molecule has 0 saturated carbocycles. The first kappa shape index (κ1) is 13.9. The van der Waals surface area contributed by atoms with Gasteiger partial charge in [-0.3, -0.25) is 0 Å². The van der Waals surface area contributed by atoms with Gasteiger partial charge in [0.05, 0.1) is 0 Å². The van der Waals surface area contributed by atoms with Gasteiger partial charge in [-0.2, -0.15) is 0 Å². The number of nitrogens with zero attached hydrogens (tertiary/aromatic N) is 1. The summed E-state index contributed by atoms with van der Waals surface area (Å²) in [5, 5.41) is 1.11. The van der Waals surface area contributed by atoms with E-state index < -0.39 is 0 Å². The first-order valence-electron chi connectivity index (χ1n) is 5.97. The third-order valence-corrected chi connectivity index (χ3v) is 6.13. The minimum Gasteiger partial charge on any atom is -0.249 e. The lowest BCUT2D eigenvalue weighted by Crippen LogP contribution is -2.17. The Morgan fingerprint density at radius 3 is 2.69 bits per heavy atom. The molecule has 1 aromatic rings. The van der Waals surface area contributed by atoms with Crippen molar-refractivity contribution < 1.29 is 0 Å². The van der Waals surface area contributed by atoms with E-state index >= 15 is 0 Å². The third kappa shape index (κ3) is 4.79. The van der Waals surface area contributed by atoms with E-state index in [0.717, 1.165) is 5.03 Å². The molecule has 1 rings (SSSR count). The molecule has 0 N–H and O–H groups in total. The van der Waals surface area contributed by atoms with E-state index in [0.29, 0.717) is 4.75 Å². The number of aromatic nitrogens is 1. The van der Waals surface area contributed by atoms with Crippen molar-refractivity contribution in [3.63, 3.8) is 0 Å². The van der Waals surface area contributed by atoms with Crippen molar-refractivity contribution in [3.05, 3.63) is 24.4 Å². The number of pyridine rings is 1. The zero-order chi connectivity index (χ0) is 11.9. The summed E-state index contributed by atoms with van der Waals surface area (Å²) in [6.07, 6.45) is 6.98. The molecule has 0 spiro atoms. The van der Waals surface area contributed by atoms with E-state index in [1.807, 2.05) is 39.9 Å². The highest BCUT2D eigenvalue weighted by Gasteiger charge is 2.22. The smallest absolute Gasteiger partial charge is 0.106 e. The molecule has 0 saturated heterocycles. The van der Waals surface area contributed by atoms with Crippen LogP contribution >= 0.6 is 21.6 Å². The molecule has 1 heterocycles. The number of hydrogen-bond donors (Lipinski definition) is 0. The average Bonchev–Trinajstić information content (AvgIpc) is 2.35. The summed E-state index contributed by atoms with van der Waals surface area (Å²) >= 11 is 0. The van der Waals surface area contributed by atoms with Crippen molar-refractivity contribution in [1.82, 2.24) is 4.98 Å². The van der Waals surface area contributed by atoms with E-state index in [2.05, 4.69) is 31.8 Å². The molecule has 0 bridgehead atoms. The quantitative estimate of drug-likeness (QED) is 0.623. The van der Waals surface area contributed by atoms with Gasteiger partial charge in [-0.25, -0.2) is 4.98 Å². The lowest BCUT2D eigenvalue weighted by atomic mass is 10.0. The highest BCUT2D eigenvalue weighted by atomic mass is 33.1. The van der Waals surface area contributed by atoms with Crippen LogP contribution in [-0.2, 0) is 0 Å². The fourth-order valence-corrected chi connectivity index (χ4v) is 4.00. The van der Waals surface area contributed by atoms with Crippen molar-refractivity contribution in [2.75, 3.05) is 0 Å². The molecular formula is C13H21NS2. The predicted octanol–water partition coefficient (Wildman–Crippen LogP) is 5.18. The molecular weight excluding hydrogens is 234 g/mol. The largest absolute Gasteiger partial charge is 0.249 e. The fourth-order valence-electron chi connectivity index (χ4n) is 1.37. The van der Waals surface area contributed by atoms with E-state index in [1.165, 1.54) is 25.7 Å². The number of unbranched alkanes of at least 4 members (excludes halogenated alkanes) is 1. The molecule has 3 heteroatoms. The van der Waals surface area contributed by atoms with Crippen LogP contribution in [0.15, 0.2) is 29.4 Å². The van der Waals surface area contributed by atoms with Crippen molar-refractivity contribution in [1.29, 1.82) is 0 Å². The first-order valence-corrected chi connectivity index (χ1v) is 8.12. The molecule has 1 nitrogen and oxygen atoms in total. The summed E-state index contributed by atoms with van der Waals surface area (Å²) in [7, 11) is 3.78. The van der Waals surface area contributed by atoms with Crippen LogP contribution < -0.4 is 0 Å². The molecule has 16 heavy (non-hydrogen) atoms. The molecule has 0 aliphatic carbocycles. The Morgan fingerprint density at radius 1 is 1.31 bits per heavy atom. The van der Waals surface area contributed by atoms with Gasteiger partial charge in [-0.15, -0.1) is 0 Å². The van der Waals surface area contributed by atoms with Crippen molar-refractivity contribution in [2.24, 2.45) is 0 Å². The normalized spacial score (nSPS) is 14.7. The van der Waals surface area contributed by atoms with Crippen molar-refractivity contribution >= 4 is 21.6 Å². The van der Waals surface area contributed by atoms with E-state index in [-0.39, 0.29) is 0 Å². The molecule has 0 aliphatic heterocycles. The summed E-state index contributed by atoms with van der Waals surface area (Å²) in [5.74, 6) is 0. The Labute approximate surface area is 107 Å². The monoisotopic (exact) mass is 255 g/mol. The van der Waals surface area contributed by atoms with Gasteiger partial charge < -0.3 is 0 Å². The standard InChI is InChI=1S/C13H21NS2/c1-4-6-10-13(3,5-2)16-15-12-9-7-8-11-14-12/h7-9,11H,4-6,10H2,1-3H3.